The zero-order chi connectivity index (χ0) is 26.1. The number of benzene rings is 2. The fourth-order valence-corrected chi connectivity index (χ4v) is 4.44. The lowest BCUT2D eigenvalue weighted by Crippen LogP contribution is -2.41. The number of halogens is 3. The molecule has 0 radical (unpaired) electrons. The van der Waals surface area contributed by atoms with Gasteiger partial charge >= 0.3 is 7.12 Å². The second-order valence-electron chi connectivity index (χ2n) is 10.6. The van der Waals surface area contributed by atoms with E-state index in [9.17, 15) is 18.0 Å². The maximum atomic E-state index is 13.8. The summed E-state index contributed by atoms with van der Waals surface area (Å²) in [6, 6.07) is 9.13. The minimum Gasteiger partial charge on any atom is -0.490 e. The van der Waals surface area contributed by atoms with Gasteiger partial charge in [0.1, 0.15) is 17.7 Å². The Morgan fingerprint density at radius 3 is 2.17 bits per heavy atom. The zero-order valence-corrected chi connectivity index (χ0v) is 21.3. The summed E-state index contributed by atoms with van der Waals surface area (Å²) in [5.74, 6) is -2.35. The van der Waals surface area contributed by atoms with Crippen LogP contribution in [-0.2, 0) is 20.5 Å². The molecule has 0 spiro atoms. The lowest BCUT2D eigenvalue weighted by atomic mass is 9.79. The molecule has 1 amide bonds. The fraction of sp³-hybridized carbons (Fsp3) is 0.519. The van der Waals surface area contributed by atoms with Crippen LogP contribution < -0.4 is 10.2 Å². The summed E-state index contributed by atoms with van der Waals surface area (Å²) < 4.78 is 58.5. The molecule has 2 fully saturated rings. The molecular weight excluding hydrogens is 470 g/mol. The monoisotopic (exact) mass is 503 g/mol. The number of carbonyl (C=O) groups excluding carboxylic acids is 1. The van der Waals surface area contributed by atoms with Crippen molar-refractivity contribution in [2.75, 3.05) is 13.1 Å². The number of rotatable bonds is 7. The van der Waals surface area contributed by atoms with Crippen LogP contribution in [0, 0.1) is 17.5 Å². The number of aryl methyl sites for hydroxylation is 1. The molecule has 4 rings (SSSR count). The Morgan fingerprint density at radius 1 is 0.972 bits per heavy atom. The van der Waals surface area contributed by atoms with E-state index in [2.05, 4.69) is 0 Å². The van der Waals surface area contributed by atoms with Gasteiger partial charge in [-0.05, 0) is 69.8 Å². The topological polar surface area (TPSA) is 48.0 Å². The average molecular weight is 503 g/mol. The van der Waals surface area contributed by atoms with Crippen LogP contribution in [0.25, 0.3) is 0 Å². The number of carbonyl (C=O) groups is 1. The lowest BCUT2D eigenvalue weighted by molar-refractivity contribution is -0.133. The van der Waals surface area contributed by atoms with Gasteiger partial charge in [-0.1, -0.05) is 12.1 Å². The van der Waals surface area contributed by atoms with E-state index in [1.807, 2.05) is 52.0 Å². The Hall–Kier alpha value is -2.52. The van der Waals surface area contributed by atoms with Gasteiger partial charge in [-0.2, -0.15) is 0 Å². The van der Waals surface area contributed by atoms with Gasteiger partial charge in [0.25, 0.3) is 0 Å². The van der Waals surface area contributed by atoms with Crippen LogP contribution in [0.15, 0.2) is 36.4 Å². The minimum absolute atomic E-state index is 0.00744. The van der Waals surface area contributed by atoms with Crippen LogP contribution in [0.3, 0.4) is 0 Å². The highest BCUT2D eigenvalue weighted by Crippen LogP contribution is 2.36. The first-order valence-electron chi connectivity index (χ1n) is 12.5. The second kappa shape index (κ2) is 10.5. The van der Waals surface area contributed by atoms with Crippen molar-refractivity contribution in [1.29, 1.82) is 0 Å². The molecule has 2 heterocycles. The molecule has 0 saturated carbocycles. The van der Waals surface area contributed by atoms with Gasteiger partial charge in [0, 0.05) is 38.4 Å². The third-order valence-corrected chi connectivity index (χ3v) is 7.43. The summed E-state index contributed by atoms with van der Waals surface area (Å²) in [4.78, 5) is 14.3. The predicted molar refractivity (Wildman–Crippen MR) is 132 cm³/mol. The number of nitrogens with zero attached hydrogens (tertiary/aromatic N) is 1. The van der Waals surface area contributed by atoms with Crippen molar-refractivity contribution >= 4 is 18.5 Å². The molecule has 5 nitrogen and oxygen atoms in total. The molecule has 9 heteroatoms. The van der Waals surface area contributed by atoms with Gasteiger partial charge in [0.15, 0.2) is 11.6 Å². The molecular formula is C27H33BF3NO4. The van der Waals surface area contributed by atoms with E-state index in [4.69, 9.17) is 14.0 Å². The Labute approximate surface area is 211 Å². The highest BCUT2D eigenvalue weighted by molar-refractivity contribution is 6.62. The maximum Gasteiger partial charge on any atom is 0.494 e. The van der Waals surface area contributed by atoms with Gasteiger partial charge in [0.05, 0.1) is 11.2 Å². The molecule has 194 valence electrons. The first-order valence-corrected chi connectivity index (χ1v) is 12.5. The number of ether oxygens (including phenoxy) is 1. The third kappa shape index (κ3) is 5.89. The van der Waals surface area contributed by atoms with E-state index in [1.54, 1.807) is 4.90 Å². The normalized spacial score (nSPS) is 19.5. The van der Waals surface area contributed by atoms with Gasteiger partial charge in [-0.15, -0.1) is 0 Å². The standard InChI is InChI=1S/C27H33BF3NO4/c1-26(2)27(3,4)36-28(35-26)19-8-10-20(11-9-19)34-21-12-14-32(15-13-21)25(33)7-5-6-18-16-23(30)24(31)17-22(18)29/h8-11,16-17,21H,5-7,12-15H2,1-4H3. The maximum absolute atomic E-state index is 13.8. The van der Waals surface area contributed by atoms with E-state index >= 15 is 0 Å². The van der Waals surface area contributed by atoms with Crippen LogP contribution in [0.4, 0.5) is 13.2 Å². The molecule has 36 heavy (non-hydrogen) atoms. The molecule has 0 aliphatic carbocycles. The van der Waals surface area contributed by atoms with Crippen molar-refractivity contribution in [2.24, 2.45) is 0 Å². The Kier molecular flexibility index (Phi) is 7.71. The van der Waals surface area contributed by atoms with Crippen LogP contribution in [-0.4, -0.2) is 48.3 Å². The Balaban J connectivity index is 1.21. The lowest BCUT2D eigenvalue weighted by Gasteiger charge is -2.32. The third-order valence-electron chi connectivity index (χ3n) is 7.43. The fourth-order valence-electron chi connectivity index (χ4n) is 4.44. The van der Waals surface area contributed by atoms with E-state index in [-0.39, 0.29) is 30.4 Å². The van der Waals surface area contributed by atoms with Crippen LogP contribution in [0.2, 0.25) is 0 Å². The first-order chi connectivity index (χ1) is 16.9. The number of hydrogen-bond donors (Lipinski definition) is 0. The van der Waals surface area contributed by atoms with E-state index in [0.717, 1.165) is 17.3 Å². The van der Waals surface area contributed by atoms with Crippen LogP contribution >= 0.6 is 0 Å². The molecule has 0 atom stereocenters. The van der Waals surface area contributed by atoms with Crippen molar-refractivity contribution in [2.45, 2.75) is 77.1 Å². The number of amides is 1. The van der Waals surface area contributed by atoms with Gasteiger partial charge < -0.3 is 18.9 Å². The quantitative estimate of drug-likeness (QED) is 0.403. The summed E-state index contributed by atoms with van der Waals surface area (Å²) in [5, 5.41) is 0. The van der Waals surface area contributed by atoms with E-state index < -0.39 is 35.8 Å². The molecule has 2 aliphatic rings. The first kappa shape index (κ1) is 26.5. The molecule has 2 aliphatic heterocycles. The van der Waals surface area contributed by atoms with Crippen molar-refractivity contribution in [1.82, 2.24) is 4.90 Å². The second-order valence-corrected chi connectivity index (χ2v) is 10.6. The number of piperidine rings is 1. The Morgan fingerprint density at radius 2 is 1.56 bits per heavy atom. The van der Waals surface area contributed by atoms with Gasteiger partial charge in [0.2, 0.25) is 5.91 Å². The van der Waals surface area contributed by atoms with Crippen molar-refractivity contribution in [3.05, 3.63) is 59.4 Å². The Bertz CT molecular complexity index is 1070. The molecule has 2 saturated heterocycles. The predicted octanol–water partition coefficient (Wildman–Crippen LogP) is 4.80. The molecule has 0 unspecified atom stereocenters. The van der Waals surface area contributed by atoms with Crippen LogP contribution in [0.1, 0.15) is 58.9 Å². The summed E-state index contributed by atoms with van der Waals surface area (Å²) >= 11 is 0. The average Bonchev–Trinajstić information content (AvgIpc) is 3.05. The summed E-state index contributed by atoms with van der Waals surface area (Å²) in [6.07, 6.45) is 2.20. The molecule has 0 aromatic heterocycles. The molecule has 2 aromatic rings. The van der Waals surface area contributed by atoms with E-state index in [1.165, 1.54) is 0 Å². The largest absolute Gasteiger partial charge is 0.494 e. The van der Waals surface area contributed by atoms with Crippen molar-refractivity contribution in [3.8, 4) is 5.75 Å². The highest BCUT2D eigenvalue weighted by Gasteiger charge is 2.51. The number of likely N-dealkylation sites (tertiary alicyclic amines) is 1. The molecule has 0 N–H and O–H groups in total. The SMILES string of the molecule is CC1(C)OB(c2ccc(OC3CCN(C(=O)CCCc4cc(F)c(F)cc4F)CC3)cc2)OC1(C)C. The molecule has 0 bridgehead atoms. The van der Waals surface area contributed by atoms with Crippen molar-refractivity contribution < 1.29 is 32.0 Å². The highest BCUT2D eigenvalue weighted by atomic mass is 19.2. The minimum atomic E-state index is -1.21. The summed E-state index contributed by atoms with van der Waals surface area (Å²) in [5.41, 5.74) is 0.226. The number of hydrogen-bond acceptors (Lipinski definition) is 4. The van der Waals surface area contributed by atoms with Gasteiger partial charge in [-0.3, -0.25) is 4.79 Å². The van der Waals surface area contributed by atoms with Crippen LogP contribution in [0.5, 0.6) is 5.75 Å². The van der Waals surface area contributed by atoms with Gasteiger partial charge in [-0.25, -0.2) is 13.2 Å². The zero-order valence-electron chi connectivity index (χ0n) is 21.3. The van der Waals surface area contributed by atoms with E-state index in [0.29, 0.717) is 38.4 Å². The van der Waals surface area contributed by atoms with Crippen molar-refractivity contribution in [3.63, 3.8) is 0 Å². The smallest absolute Gasteiger partial charge is 0.490 e. The summed E-state index contributed by atoms with van der Waals surface area (Å²) in [7, 11) is -0.420. The summed E-state index contributed by atoms with van der Waals surface area (Å²) in [6.45, 7) is 9.24. The molecule has 2 aromatic carbocycles.